The van der Waals surface area contributed by atoms with E-state index in [1.54, 1.807) is 6.21 Å². The van der Waals surface area contributed by atoms with Crippen LogP contribution in [0.3, 0.4) is 0 Å². The number of hydrazone groups is 1. The van der Waals surface area contributed by atoms with Crippen LogP contribution in [-0.4, -0.2) is 18.2 Å². The predicted octanol–water partition coefficient (Wildman–Crippen LogP) is 6.06. The molecular weight excluding hydrogens is 440 g/mol. The second-order valence-corrected chi connectivity index (χ2v) is 7.75. The molecule has 4 aromatic carbocycles. The number of fused-ring (bicyclic) bond motifs is 2. The lowest BCUT2D eigenvalue weighted by atomic mass is 10.1. The molecule has 0 radical (unpaired) electrons. The van der Waals surface area contributed by atoms with E-state index < -0.39 is 6.10 Å². The zero-order valence-corrected chi connectivity index (χ0v) is 18.1. The van der Waals surface area contributed by atoms with E-state index in [4.69, 9.17) is 4.74 Å². The summed E-state index contributed by atoms with van der Waals surface area (Å²) in [5.74, 6) is 0.351. The molecule has 0 heterocycles. The molecule has 0 spiro atoms. The van der Waals surface area contributed by atoms with Gasteiger partial charge < -0.3 is 4.74 Å². The predicted molar refractivity (Wildman–Crippen MR) is 126 cm³/mol. The number of amides is 1. The van der Waals surface area contributed by atoms with Crippen molar-refractivity contribution in [2.24, 2.45) is 5.10 Å². The molecule has 4 rings (SSSR count). The van der Waals surface area contributed by atoms with Gasteiger partial charge in [-0.2, -0.15) is 5.10 Å². The topological polar surface area (TPSA) is 50.7 Å². The Balaban J connectivity index is 1.45. The minimum atomic E-state index is -0.642. The largest absolute Gasteiger partial charge is 0.479 e. The van der Waals surface area contributed by atoms with Crippen molar-refractivity contribution in [1.29, 1.82) is 0 Å². The second kappa shape index (κ2) is 9.09. The summed E-state index contributed by atoms with van der Waals surface area (Å²) in [5, 5.41) is 8.56. The van der Waals surface area contributed by atoms with E-state index in [0.717, 1.165) is 26.2 Å². The molecule has 0 aliphatic rings. The van der Waals surface area contributed by atoms with Crippen LogP contribution in [0.2, 0.25) is 0 Å². The minimum Gasteiger partial charge on any atom is -0.479 e. The van der Waals surface area contributed by atoms with Gasteiger partial charge in [0.2, 0.25) is 0 Å². The summed E-state index contributed by atoms with van der Waals surface area (Å²) in [7, 11) is 0. The molecule has 150 valence electrons. The number of ether oxygens (including phenoxy) is 1. The van der Waals surface area contributed by atoms with Gasteiger partial charge >= 0.3 is 0 Å². The highest BCUT2D eigenvalue weighted by Gasteiger charge is 2.19. The fraction of sp³-hybridized carbons (Fsp3) is 0.120. The summed E-state index contributed by atoms with van der Waals surface area (Å²) in [6.07, 6.45) is 1.52. The normalized spacial score (nSPS) is 12.3. The molecule has 0 aliphatic carbocycles. The Morgan fingerprint density at radius 2 is 1.70 bits per heavy atom. The maximum absolute atomic E-state index is 12.6. The van der Waals surface area contributed by atoms with Gasteiger partial charge in [0.15, 0.2) is 6.10 Å². The molecule has 0 aliphatic heterocycles. The molecule has 1 atom stereocenters. The second-order valence-electron chi connectivity index (χ2n) is 6.95. The number of nitrogens with one attached hydrogen (secondary N) is 1. The van der Waals surface area contributed by atoms with Crippen molar-refractivity contribution in [3.8, 4) is 5.75 Å². The number of nitrogens with zero attached hydrogens (tertiary/aromatic N) is 1. The van der Waals surface area contributed by atoms with Crippen molar-refractivity contribution in [2.45, 2.75) is 19.4 Å². The molecule has 1 amide bonds. The van der Waals surface area contributed by atoms with Crippen molar-refractivity contribution >= 4 is 49.6 Å². The van der Waals surface area contributed by atoms with E-state index >= 15 is 0 Å². The van der Waals surface area contributed by atoms with Gasteiger partial charge in [0.05, 0.1) is 10.7 Å². The number of hydrogen-bond donors (Lipinski definition) is 1. The smallest absolute Gasteiger partial charge is 0.281 e. The van der Waals surface area contributed by atoms with Crippen molar-refractivity contribution in [3.05, 3.63) is 88.9 Å². The number of hydrogen-bond acceptors (Lipinski definition) is 3. The zero-order valence-electron chi connectivity index (χ0n) is 16.5. The summed E-state index contributed by atoms with van der Waals surface area (Å²) in [5.41, 5.74) is 3.51. The van der Waals surface area contributed by atoms with E-state index in [2.05, 4.69) is 32.5 Å². The molecule has 0 unspecified atom stereocenters. The first kappa shape index (κ1) is 20.1. The van der Waals surface area contributed by atoms with Crippen molar-refractivity contribution in [1.82, 2.24) is 5.43 Å². The molecule has 1 N–H and O–H groups in total. The van der Waals surface area contributed by atoms with E-state index in [0.29, 0.717) is 12.2 Å². The average molecular weight is 461 g/mol. The first-order valence-electron chi connectivity index (χ1n) is 9.81. The summed E-state index contributed by atoms with van der Waals surface area (Å²) in [6.45, 7) is 1.91. The number of carbonyl (C=O) groups excluding carboxylic acids is 1. The Bertz CT molecular complexity index is 1240. The van der Waals surface area contributed by atoms with E-state index in [1.807, 2.05) is 79.7 Å². The van der Waals surface area contributed by atoms with Crippen molar-refractivity contribution in [3.63, 3.8) is 0 Å². The summed E-state index contributed by atoms with van der Waals surface area (Å²) in [6, 6.07) is 26.0. The molecule has 4 nitrogen and oxygen atoms in total. The molecule has 0 saturated heterocycles. The van der Waals surface area contributed by atoms with E-state index in [9.17, 15) is 4.79 Å². The van der Waals surface area contributed by atoms with Crippen LogP contribution < -0.4 is 10.2 Å². The number of halogens is 1. The van der Waals surface area contributed by atoms with Gasteiger partial charge in [-0.3, -0.25) is 4.79 Å². The summed E-state index contributed by atoms with van der Waals surface area (Å²) in [4.78, 5) is 12.6. The summed E-state index contributed by atoms with van der Waals surface area (Å²) < 4.78 is 6.83. The molecule has 0 fully saturated rings. The summed E-state index contributed by atoms with van der Waals surface area (Å²) >= 11 is 3.61. The minimum absolute atomic E-state index is 0.283. The van der Waals surface area contributed by atoms with Gasteiger partial charge in [-0.1, -0.05) is 73.7 Å². The van der Waals surface area contributed by atoms with Gasteiger partial charge in [-0.15, -0.1) is 0 Å². The zero-order chi connectivity index (χ0) is 20.9. The Morgan fingerprint density at radius 1 is 1.00 bits per heavy atom. The van der Waals surface area contributed by atoms with Crippen LogP contribution in [0.4, 0.5) is 0 Å². The van der Waals surface area contributed by atoms with Gasteiger partial charge in [0.1, 0.15) is 5.75 Å². The number of rotatable bonds is 6. The third-order valence-electron chi connectivity index (χ3n) is 4.92. The molecule has 4 aromatic rings. The third kappa shape index (κ3) is 4.36. The van der Waals surface area contributed by atoms with Crippen LogP contribution in [0, 0.1) is 0 Å². The lowest BCUT2D eigenvalue weighted by Crippen LogP contribution is -2.35. The van der Waals surface area contributed by atoms with E-state index in [-0.39, 0.29) is 5.91 Å². The van der Waals surface area contributed by atoms with Crippen molar-refractivity contribution < 1.29 is 9.53 Å². The van der Waals surface area contributed by atoms with Crippen LogP contribution in [0.5, 0.6) is 5.75 Å². The van der Waals surface area contributed by atoms with Gasteiger partial charge in [-0.05, 0) is 61.6 Å². The first-order chi connectivity index (χ1) is 14.7. The highest BCUT2D eigenvalue weighted by molar-refractivity contribution is 9.10. The van der Waals surface area contributed by atoms with Gasteiger partial charge in [0.25, 0.3) is 5.91 Å². The van der Waals surface area contributed by atoms with Crippen molar-refractivity contribution in [2.75, 3.05) is 0 Å². The number of benzene rings is 4. The highest BCUT2D eigenvalue weighted by atomic mass is 79.9. The molecule has 0 bridgehead atoms. The van der Waals surface area contributed by atoms with Gasteiger partial charge in [-0.25, -0.2) is 5.43 Å². The lowest BCUT2D eigenvalue weighted by molar-refractivity contribution is -0.128. The van der Waals surface area contributed by atoms with Crippen LogP contribution in [0.25, 0.3) is 21.5 Å². The Morgan fingerprint density at radius 3 is 2.50 bits per heavy atom. The fourth-order valence-electron chi connectivity index (χ4n) is 3.31. The average Bonchev–Trinajstić information content (AvgIpc) is 2.78. The van der Waals surface area contributed by atoms with E-state index in [1.165, 1.54) is 5.39 Å². The fourth-order valence-corrected chi connectivity index (χ4v) is 3.90. The van der Waals surface area contributed by atoms with Crippen LogP contribution in [-0.2, 0) is 4.79 Å². The maximum Gasteiger partial charge on any atom is 0.281 e. The molecule has 5 heteroatoms. The third-order valence-corrected chi connectivity index (χ3v) is 5.74. The number of carbonyl (C=O) groups is 1. The standard InChI is InChI=1S/C25H21BrN2O2/c1-2-22(30-23-14-13-19-8-5-6-10-21(19)24(23)26)25(29)28-27-16-17-11-12-18-7-3-4-9-20(18)15-17/h3-16,22H,2H2,1H3,(H,28,29)/t22-/m0/s1. The van der Waals surface area contributed by atoms with Crippen LogP contribution in [0.15, 0.2) is 88.4 Å². The Hall–Kier alpha value is -3.18. The van der Waals surface area contributed by atoms with Gasteiger partial charge in [0, 0.05) is 0 Å². The monoisotopic (exact) mass is 460 g/mol. The maximum atomic E-state index is 12.6. The molecule has 0 aromatic heterocycles. The first-order valence-corrected chi connectivity index (χ1v) is 10.6. The molecular formula is C25H21BrN2O2. The Labute approximate surface area is 183 Å². The molecule has 30 heavy (non-hydrogen) atoms. The van der Waals surface area contributed by atoms with Crippen LogP contribution >= 0.6 is 15.9 Å². The SMILES string of the molecule is CC[C@H](Oc1ccc2ccccc2c1Br)C(=O)NN=Cc1ccc2ccccc2c1. The lowest BCUT2D eigenvalue weighted by Gasteiger charge is -2.17. The molecule has 0 saturated carbocycles. The van der Waals surface area contributed by atoms with Crippen LogP contribution in [0.1, 0.15) is 18.9 Å². The highest BCUT2D eigenvalue weighted by Crippen LogP contribution is 2.33. The quantitative estimate of drug-likeness (QED) is 0.280. The Kier molecular flexibility index (Phi) is 6.10.